The first-order chi connectivity index (χ1) is 7.59. The predicted octanol–water partition coefficient (Wildman–Crippen LogP) is 1.94. The molecule has 2 N–H and O–H groups in total. The smallest absolute Gasteiger partial charge is 0.255 e. The van der Waals surface area contributed by atoms with Gasteiger partial charge >= 0.3 is 0 Å². The van der Waals surface area contributed by atoms with Crippen LogP contribution in [0.2, 0.25) is 0 Å². The van der Waals surface area contributed by atoms with Crippen LogP contribution in [0.1, 0.15) is 47.9 Å². The minimum atomic E-state index is 0.00292. The lowest BCUT2D eigenvalue weighted by Gasteiger charge is -2.31. The van der Waals surface area contributed by atoms with Crippen molar-refractivity contribution in [2.45, 2.75) is 46.1 Å². The summed E-state index contributed by atoms with van der Waals surface area (Å²) in [4.78, 5) is 12.0. The van der Waals surface area contributed by atoms with Gasteiger partial charge in [0, 0.05) is 11.7 Å². The second-order valence-corrected chi connectivity index (χ2v) is 4.76. The molecule has 1 atom stereocenters. The van der Waals surface area contributed by atoms with Crippen molar-refractivity contribution in [2.75, 3.05) is 0 Å². The van der Waals surface area contributed by atoms with Gasteiger partial charge in [0.15, 0.2) is 0 Å². The van der Waals surface area contributed by atoms with E-state index in [2.05, 4.69) is 22.4 Å². The van der Waals surface area contributed by atoms with Gasteiger partial charge in [-0.05, 0) is 39.5 Å². The third-order valence-corrected chi connectivity index (χ3v) is 3.57. The molecule has 1 unspecified atom stereocenters. The summed E-state index contributed by atoms with van der Waals surface area (Å²) in [6.07, 6.45) is 3.78. The number of hydrogen-bond donors (Lipinski definition) is 2. The largest absolute Gasteiger partial charge is 0.349 e. The summed E-state index contributed by atoms with van der Waals surface area (Å²) < 4.78 is 0. The van der Waals surface area contributed by atoms with Crippen LogP contribution in [-0.4, -0.2) is 22.1 Å². The molecule has 0 bridgehead atoms. The number of nitrogens with one attached hydrogen (secondary N) is 2. The Bertz CT molecular complexity index is 373. The molecule has 1 amide bonds. The minimum Gasteiger partial charge on any atom is -0.349 e. The lowest BCUT2D eigenvalue weighted by molar-refractivity contribution is 0.0908. The summed E-state index contributed by atoms with van der Waals surface area (Å²) in [5, 5.41) is 9.94. The van der Waals surface area contributed by atoms with E-state index in [0.29, 0.717) is 11.5 Å². The summed E-state index contributed by atoms with van der Waals surface area (Å²) in [5.41, 5.74) is 2.32. The van der Waals surface area contributed by atoms with Gasteiger partial charge in [-0.25, -0.2) is 0 Å². The Morgan fingerprint density at radius 3 is 2.62 bits per heavy atom. The predicted molar refractivity (Wildman–Crippen MR) is 62.3 cm³/mol. The maximum absolute atomic E-state index is 12.0. The van der Waals surface area contributed by atoms with Crippen LogP contribution >= 0.6 is 0 Å². The third kappa shape index (κ3) is 1.96. The Kier molecular flexibility index (Phi) is 2.99. The van der Waals surface area contributed by atoms with Crippen LogP contribution in [-0.2, 0) is 0 Å². The SMILES string of the molecule is Cc1n[nH]c(C)c1C(=O)NC(C)C1CCC1. The summed E-state index contributed by atoms with van der Waals surface area (Å²) in [5.74, 6) is 0.666. The molecule has 1 aromatic rings. The van der Waals surface area contributed by atoms with Crippen LogP contribution in [0, 0.1) is 19.8 Å². The standard InChI is InChI=1S/C12H19N3O/c1-7(10-5-4-6-10)13-12(16)11-8(2)14-15-9(11)3/h7,10H,4-6H2,1-3H3,(H,13,16)(H,14,15). The number of carbonyl (C=O) groups excluding carboxylic acids is 1. The van der Waals surface area contributed by atoms with E-state index in [1.165, 1.54) is 19.3 Å². The molecule has 1 fully saturated rings. The van der Waals surface area contributed by atoms with Gasteiger partial charge in [0.1, 0.15) is 0 Å². The highest BCUT2D eigenvalue weighted by atomic mass is 16.1. The van der Waals surface area contributed by atoms with Crippen LogP contribution in [0.5, 0.6) is 0 Å². The Morgan fingerprint density at radius 2 is 2.19 bits per heavy atom. The van der Waals surface area contributed by atoms with E-state index in [9.17, 15) is 4.79 Å². The second kappa shape index (κ2) is 4.28. The van der Waals surface area contributed by atoms with Crippen molar-refractivity contribution >= 4 is 5.91 Å². The molecular formula is C12H19N3O. The topological polar surface area (TPSA) is 57.8 Å². The number of amides is 1. The maximum Gasteiger partial charge on any atom is 0.255 e. The fraction of sp³-hybridized carbons (Fsp3) is 0.667. The van der Waals surface area contributed by atoms with Crippen molar-refractivity contribution in [3.63, 3.8) is 0 Å². The third-order valence-electron chi connectivity index (χ3n) is 3.57. The Hall–Kier alpha value is -1.32. The Labute approximate surface area is 95.8 Å². The van der Waals surface area contributed by atoms with E-state index < -0.39 is 0 Å². The van der Waals surface area contributed by atoms with E-state index in [1.54, 1.807) is 0 Å². The monoisotopic (exact) mass is 221 g/mol. The number of nitrogens with zero attached hydrogens (tertiary/aromatic N) is 1. The van der Waals surface area contributed by atoms with Gasteiger partial charge < -0.3 is 5.32 Å². The van der Waals surface area contributed by atoms with Gasteiger partial charge in [-0.15, -0.1) is 0 Å². The first-order valence-corrected chi connectivity index (χ1v) is 5.92. The van der Waals surface area contributed by atoms with Gasteiger partial charge in [0.05, 0.1) is 11.3 Å². The molecule has 4 heteroatoms. The minimum absolute atomic E-state index is 0.00292. The molecule has 0 aliphatic heterocycles. The van der Waals surface area contributed by atoms with Crippen molar-refractivity contribution in [2.24, 2.45) is 5.92 Å². The molecule has 16 heavy (non-hydrogen) atoms. The summed E-state index contributed by atoms with van der Waals surface area (Å²) >= 11 is 0. The Balaban J connectivity index is 2.02. The lowest BCUT2D eigenvalue weighted by atomic mass is 9.80. The summed E-state index contributed by atoms with van der Waals surface area (Å²) in [6, 6.07) is 0.273. The van der Waals surface area contributed by atoms with Gasteiger partial charge in [0.25, 0.3) is 5.91 Å². The van der Waals surface area contributed by atoms with Crippen molar-refractivity contribution in [3.05, 3.63) is 17.0 Å². The summed E-state index contributed by atoms with van der Waals surface area (Å²) in [7, 11) is 0. The average molecular weight is 221 g/mol. The van der Waals surface area contributed by atoms with Crippen LogP contribution in [0.4, 0.5) is 0 Å². The van der Waals surface area contributed by atoms with Gasteiger partial charge in [-0.1, -0.05) is 6.42 Å². The highest BCUT2D eigenvalue weighted by molar-refractivity contribution is 5.96. The van der Waals surface area contributed by atoms with Crippen LogP contribution in [0.15, 0.2) is 0 Å². The van der Waals surface area contributed by atoms with Crippen molar-refractivity contribution in [1.82, 2.24) is 15.5 Å². The zero-order valence-electron chi connectivity index (χ0n) is 10.1. The molecule has 0 radical (unpaired) electrons. The highest BCUT2D eigenvalue weighted by Gasteiger charge is 2.26. The van der Waals surface area contributed by atoms with E-state index in [0.717, 1.165) is 11.4 Å². The molecule has 1 saturated carbocycles. The second-order valence-electron chi connectivity index (χ2n) is 4.76. The summed E-state index contributed by atoms with van der Waals surface area (Å²) in [6.45, 7) is 5.82. The molecule has 1 heterocycles. The molecule has 1 aliphatic rings. The lowest BCUT2D eigenvalue weighted by Crippen LogP contribution is -2.41. The van der Waals surface area contributed by atoms with Crippen LogP contribution in [0.3, 0.4) is 0 Å². The molecule has 2 rings (SSSR count). The van der Waals surface area contributed by atoms with Crippen LogP contribution in [0.25, 0.3) is 0 Å². The number of aryl methyl sites for hydroxylation is 2. The van der Waals surface area contributed by atoms with Crippen LogP contribution < -0.4 is 5.32 Å². The first kappa shape index (κ1) is 11.2. The van der Waals surface area contributed by atoms with Crippen molar-refractivity contribution in [1.29, 1.82) is 0 Å². The molecule has 1 aromatic heterocycles. The molecule has 0 spiro atoms. The average Bonchev–Trinajstić information content (AvgIpc) is 2.42. The van der Waals surface area contributed by atoms with E-state index >= 15 is 0 Å². The number of H-pyrrole nitrogens is 1. The zero-order valence-corrected chi connectivity index (χ0v) is 10.1. The van der Waals surface area contributed by atoms with Gasteiger partial charge in [0.2, 0.25) is 0 Å². The molecule has 88 valence electrons. The van der Waals surface area contributed by atoms with Gasteiger partial charge in [-0.2, -0.15) is 5.10 Å². The zero-order chi connectivity index (χ0) is 11.7. The molecular weight excluding hydrogens is 202 g/mol. The highest BCUT2D eigenvalue weighted by Crippen LogP contribution is 2.29. The number of hydrogen-bond acceptors (Lipinski definition) is 2. The number of rotatable bonds is 3. The van der Waals surface area contributed by atoms with E-state index in [4.69, 9.17) is 0 Å². The molecule has 1 aliphatic carbocycles. The molecule has 0 saturated heterocycles. The number of carbonyl (C=O) groups is 1. The Morgan fingerprint density at radius 1 is 1.50 bits per heavy atom. The van der Waals surface area contributed by atoms with E-state index in [1.807, 2.05) is 13.8 Å². The first-order valence-electron chi connectivity index (χ1n) is 5.92. The van der Waals surface area contributed by atoms with E-state index in [-0.39, 0.29) is 11.9 Å². The fourth-order valence-electron chi connectivity index (χ4n) is 2.22. The number of aromatic nitrogens is 2. The molecule has 0 aromatic carbocycles. The maximum atomic E-state index is 12.0. The quantitative estimate of drug-likeness (QED) is 0.819. The normalized spacial score (nSPS) is 17.9. The molecule has 4 nitrogen and oxygen atoms in total. The number of aromatic amines is 1. The van der Waals surface area contributed by atoms with Crippen molar-refractivity contribution < 1.29 is 4.79 Å². The van der Waals surface area contributed by atoms with Gasteiger partial charge in [-0.3, -0.25) is 9.89 Å². The van der Waals surface area contributed by atoms with Crippen molar-refractivity contribution in [3.8, 4) is 0 Å². The fourth-order valence-corrected chi connectivity index (χ4v) is 2.22.